The van der Waals surface area contributed by atoms with Gasteiger partial charge in [0.2, 0.25) is 10.0 Å². The SMILES string of the molecule is COCCN(C)S(=O)(=O)c1ccc(/C(=N\O[C@@H]2CCOC2)C(=O)Nc2ncc(COC)s2)cc1. The number of thiazole rings is 1. The van der Waals surface area contributed by atoms with Crippen molar-refractivity contribution < 1.29 is 32.3 Å². The van der Waals surface area contributed by atoms with E-state index < -0.39 is 15.9 Å². The first-order chi connectivity index (χ1) is 16.3. The van der Waals surface area contributed by atoms with E-state index in [0.29, 0.717) is 36.9 Å². The van der Waals surface area contributed by atoms with Crippen molar-refractivity contribution in [1.82, 2.24) is 9.29 Å². The first kappa shape index (κ1) is 26.2. The fraction of sp³-hybridized carbons (Fsp3) is 0.476. The summed E-state index contributed by atoms with van der Waals surface area (Å²) in [5.41, 5.74) is 0.385. The van der Waals surface area contributed by atoms with Gasteiger partial charge in [-0.3, -0.25) is 10.1 Å². The minimum atomic E-state index is -3.71. The zero-order valence-corrected chi connectivity index (χ0v) is 20.9. The highest BCUT2D eigenvalue weighted by atomic mass is 32.2. The zero-order valence-electron chi connectivity index (χ0n) is 19.2. The first-order valence-electron chi connectivity index (χ1n) is 10.5. The molecule has 13 heteroatoms. The fourth-order valence-electron chi connectivity index (χ4n) is 2.98. The number of nitrogens with zero attached hydrogens (tertiary/aromatic N) is 3. The fourth-order valence-corrected chi connectivity index (χ4v) is 4.92. The van der Waals surface area contributed by atoms with Gasteiger partial charge in [-0.15, -0.1) is 0 Å². The average molecular weight is 513 g/mol. The Labute approximate surface area is 202 Å². The Balaban J connectivity index is 1.82. The number of nitrogens with one attached hydrogen (secondary N) is 1. The Hall–Kier alpha value is -2.42. The predicted octanol–water partition coefficient (Wildman–Crippen LogP) is 1.70. The molecule has 0 radical (unpaired) electrons. The van der Waals surface area contributed by atoms with Crippen LogP contribution in [-0.4, -0.2) is 83.1 Å². The number of benzene rings is 1. The minimum absolute atomic E-state index is 0.00734. The van der Waals surface area contributed by atoms with E-state index in [2.05, 4.69) is 15.5 Å². The molecule has 34 heavy (non-hydrogen) atoms. The highest BCUT2D eigenvalue weighted by Gasteiger charge is 2.24. The lowest BCUT2D eigenvalue weighted by molar-refractivity contribution is -0.110. The molecule has 1 N–H and O–H groups in total. The lowest BCUT2D eigenvalue weighted by Crippen LogP contribution is -2.30. The number of hydrogen-bond donors (Lipinski definition) is 1. The summed E-state index contributed by atoms with van der Waals surface area (Å²) in [5, 5.41) is 7.18. The van der Waals surface area contributed by atoms with Crippen LogP contribution in [0, 0.1) is 0 Å². The van der Waals surface area contributed by atoms with E-state index in [-0.39, 0.29) is 29.9 Å². The number of carbonyl (C=O) groups is 1. The molecule has 0 bridgehead atoms. The van der Waals surface area contributed by atoms with Gasteiger partial charge >= 0.3 is 0 Å². The van der Waals surface area contributed by atoms with Gasteiger partial charge in [-0.1, -0.05) is 28.6 Å². The molecule has 2 heterocycles. The monoisotopic (exact) mass is 512 g/mol. The zero-order chi connectivity index (χ0) is 24.6. The molecule has 1 fully saturated rings. The molecule has 1 saturated heterocycles. The second kappa shape index (κ2) is 12.3. The summed E-state index contributed by atoms with van der Waals surface area (Å²) < 4.78 is 42.0. The van der Waals surface area contributed by atoms with Crippen molar-refractivity contribution in [3.63, 3.8) is 0 Å². The van der Waals surface area contributed by atoms with Crippen LogP contribution in [-0.2, 0) is 40.5 Å². The number of methoxy groups -OCH3 is 2. The molecule has 0 saturated carbocycles. The molecule has 0 unspecified atom stereocenters. The molecule has 3 rings (SSSR count). The maximum absolute atomic E-state index is 13.0. The molecule has 11 nitrogen and oxygen atoms in total. The number of carbonyl (C=O) groups excluding carboxylic acids is 1. The summed E-state index contributed by atoms with van der Waals surface area (Å²) in [4.78, 5) is 23.7. The molecular weight excluding hydrogens is 484 g/mol. The summed E-state index contributed by atoms with van der Waals surface area (Å²) in [6, 6.07) is 5.88. The largest absolute Gasteiger partial charge is 0.389 e. The molecule has 1 atom stereocenters. The molecule has 186 valence electrons. The summed E-state index contributed by atoms with van der Waals surface area (Å²) in [5.74, 6) is -0.537. The van der Waals surface area contributed by atoms with Crippen LogP contribution >= 0.6 is 11.3 Å². The van der Waals surface area contributed by atoms with Gasteiger partial charge in [-0.05, 0) is 12.1 Å². The van der Waals surface area contributed by atoms with Gasteiger partial charge in [0.1, 0.15) is 0 Å². The third kappa shape index (κ3) is 6.81. The summed E-state index contributed by atoms with van der Waals surface area (Å²) >= 11 is 1.28. The van der Waals surface area contributed by atoms with Crippen LogP contribution in [0.4, 0.5) is 5.13 Å². The third-order valence-electron chi connectivity index (χ3n) is 4.90. The van der Waals surface area contributed by atoms with Gasteiger partial charge in [-0.2, -0.15) is 4.31 Å². The van der Waals surface area contributed by atoms with Gasteiger partial charge in [0.05, 0.1) is 36.2 Å². The van der Waals surface area contributed by atoms with Crippen LogP contribution in [0.1, 0.15) is 16.9 Å². The van der Waals surface area contributed by atoms with Crippen molar-refractivity contribution in [3.8, 4) is 0 Å². The van der Waals surface area contributed by atoms with Crippen LogP contribution in [0.25, 0.3) is 0 Å². The Morgan fingerprint density at radius 3 is 2.71 bits per heavy atom. The number of aromatic nitrogens is 1. The van der Waals surface area contributed by atoms with Crippen molar-refractivity contribution in [3.05, 3.63) is 40.9 Å². The molecule has 0 aliphatic carbocycles. The van der Waals surface area contributed by atoms with E-state index in [0.717, 1.165) is 4.88 Å². The normalized spacial score (nSPS) is 16.7. The highest BCUT2D eigenvalue weighted by molar-refractivity contribution is 7.89. The molecule has 1 aromatic carbocycles. The van der Waals surface area contributed by atoms with E-state index in [1.165, 1.54) is 54.1 Å². The maximum Gasteiger partial charge on any atom is 0.280 e. The lowest BCUT2D eigenvalue weighted by Gasteiger charge is -2.17. The van der Waals surface area contributed by atoms with Gasteiger partial charge in [0, 0.05) is 46.0 Å². The number of rotatable bonds is 12. The number of likely N-dealkylation sites (N-methyl/N-ethyl adjacent to an activating group) is 1. The number of oxime groups is 1. The maximum atomic E-state index is 13.0. The number of ether oxygens (including phenoxy) is 3. The van der Waals surface area contributed by atoms with Crippen LogP contribution in [0.2, 0.25) is 0 Å². The second-order valence-corrected chi connectivity index (χ2v) is 10.6. The Kier molecular flexibility index (Phi) is 9.50. The van der Waals surface area contributed by atoms with E-state index in [1.807, 2.05) is 0 Å². The minimum Gasteiger partial charge on any atom is -0.389 e. The molecule has 1 aromatic heterocycles. The van der Waals surface area contributed by atoms with Crippen LogP contribution < -0.4 is 5.32 Å². The lowest BCUT2D eigenvalue weighted by atomic mass is 10.1. The van der Waals surface area contributed by atoms with E-state index in [9.17, 15) is 13.2 Å². The van der Waals surface area contributed by atoms with Crippen LogP contribution in [0.15, 0.2) is 40.5 Å². The standard InChI is InChI=1S/C21H28N4O7S2/c1-25(9-11-29-2)34(27,28)18-6-4-15(5-7-18)19(24-32-16-8-10-31-13-16)20(26)23-21-22-12-17(33-21)14-30-3/h4-7,12,16H,8-11,13-14H2,1-3H3,(H,22,23,26)/b24-19+/t16-/m1/s1. The summed E-state index contributed by atoms with van der Waals surface area (Å²) in [6.07, 6.45) is 2.02. The smallest absolute Gasteiger partial charge is 0.280 e. The number of amides is 1. The van der Waals surface area contributed by atoms with E-state index >= 15 is 0 Å². The Morgan fingerprint density at radius 1 is 1.29 bits per heavy atom. The predicted molar refractivity (Wildman–Crippen MR) is 126 cm³/mol. The van der Waals surface area contributed by atoms with E-state index in [1.54, 1.807) is 13.3 Å². The summed E-state index contributed by atoms with van der Waals surface area (Å²) in [6.45, 7) is 1.82. The average Bonchev–Trinajstić information content (AvgIpc) is 3.50. The molecule has 0 spiro atoms. The quantitative estimate of drug-likeness (QED) is 0.336. The summed E-state index contributed by atoms with van der Waals surface area (Å²) in [7, 11) is 0.853. The first-order valence-corrected chi connectivity index (χ1v) is 12.7. The molecule has 1 aliphatic rings. The van der Waals surface area contributed by atoms with E-state index in [4.69, 9.17) is 19.0 Å². The topological polar surface area (TPSA) is 129 Å². The number of anilines is 1. The molecule has 1 amide bonds. The molecule has 1 aliphatic heterocycles. The van der Waals surface area contributed by atoms with Crippen molar-refractivity contribution in [1.29, 1.82) is 0 Å². The molecular formula is C21H28N4O7S2. The number of sulfonamides is 1. The van der Waals surface area contributed by atoms with Crippen LogP contribution in [0.3, 0.4) is 0 Å². The van der Waals surface area contributed by atoms with Crippen molar-refractivity contribution in [2.45, 2.75) is 24.0 Å². The van der Waals surface area contributed by atoms with Gasteiger partial charge in [0.25, 0.3) is 5.91 Å². The van der Waals surface area contributed by atoms with Crippen molar-refractivity contribution >= 4 is 38.1 Å². The van der Waals surface area contributed by atoms with Crippen molar-refractivity contribution in [2.75, 3.05) is 52.9 Å². The second-order valence-electron chi connectivity index (χ2n) is 7.39. The van der Waals surface area contributed by atoms with Crippen LogP contribution in [0.5, 0.6) is 0 Å². The van der Waals surface area contributed by atoms with Gasteiger partial charge in [0.15, 0.2) is 16.9 Å². The highest BCUT2D eigenvalue weighted by Crippen LogP contribution is 2.20. The molecule has 2 aromatic rings. The number of hydrogen-bond acceptors (Lipinski definition) is 10. The van der Waals surface area contributed by atoms with Crippen molar-refractivity contribution in [2.24, 2.45) is 5.16 Å². The Bertz CT molecular complexity index is 1080. The van der Waals surface area contributed by atoms with Gasteiger partial charge in [-0.25, -0.2) is 13.4 Å². The third-order valence-corrected chi connectivity index (χ3v) is 7.66. The van der Waals surface area contributed by atoms with Gasteiger partial charge < -0.3 is 19.0 Å². The Morgan fingerprint density at radius 2 is 2.06 bits per heavy atom.